The molecule has 0 bridgehead atoms. The minimum Gasteiger partial charge on any atom is -0.466 e. The lowest BCUT2D eigenvalue weighted by atomic mass is 9.80. The van der Waals surface area contributed by atoms with Gasteiger partial charge >= 0.3 is 5.97 Å². The van der Waals surface area contributed by atoms with Crippen molar-refractivity contribution in [2.24, 2.45) is 11.8 Å². The van der Waals surface area contributed by atoms with E-state index in [2.05, 4.69) is 23.0 Å². The van der Waals surface area contributed by atoms with E-state index in [0.29, 0.717) is 18.3 Å². The van der Waals surface area contributed by atoms with Crippen LogP contribution >= 0.6 is 12.2 Å². The van der Waals surface area contributed by atoms with Gasteiger partial charge in [0, 0.05) is 37.3 Å². The summed E-state index contributed by atoms with van der Waals surface area (Å²) in [4.78, 5) is 20.9. The lowest BCUT2D eigenvalue weighted by molar-refractivity contribution is -0.145. The number of aromatic nitrogens is 4. The van der Waals surface area contributed by atoms with Gasteiger partial charge < -0.3 is 18.8 Å². The predicted octanol–water partition coefficient (Wildman–Crippen LogP) is 2.75. The molecule has 3 aliphatic rings. The molecule has 0 N–H and O–H groups in total. The summed E-state index contributed by atoms with van der Waals surface area (Å²) in [6, 6.07) is 0. The molecule has 2 saturated heterocycles. The first-order chi connectivity index (χ1) is 15.0. The molecule has 1 aliphatic carbocycles. The number of imidazole rings is 2. The van der Waals surface area contributed by atoms with Crippen molar-refractivity contribution in [1.29, 1.82) is 0 Å². The van der Waals surface area contributed by atoms with E-state index in [1.807, 2.05) is 10.8 Å². The molecule has 2 fully saturated rings. The van der Waals surface area contributed by atoms with Crippen molar-refractivity contribution in [3.63, 3.8) is 0 Å². The van der Waals surface area contributed by atoms with Crippen molar-refractivity contribution >= 4 is 23.4 Å². The summed E-state index contributed by atoms with van der Waals surface area (Å²) >= 11 is 5.35. The van der Waals surface area contributed by atoms with Crippen LogP contribution < -0.4 is 0 Å². The summed E-state index contributed by atoms with van der Waals surface area (Å²) in [6.45, 7) is 3.12. The second-order valence-corrected chi connectivity index (χ2v) is 9.10. The lowest BCUT2D eigenvalue weighted by Gasteiger charge is -2.23. The van der Waals surface area contributed by atoms with Crippen molar-refractivity contribution in [1.82, 2.24) is 19.1 Å². The minimum atomic E-state index is -0.237. The number of rotatable bonds is 4. The highest BCUT2D eigenvalue weighted by atomic mass is 32.1. The number of carbonyl (C=O) groups is 1. The third kappa shape index (κ3) is 4.16. The molecule has 2 aliphatic heterocycles. The van der Waals surface area contributed by atoms with Crippen molar-refractivity contribution in [2.45, 2.75) is 57.0 Å². The maximum atomic E-state index is 12.8. The maximum absolute atomic E-state index is 12.8. The van der Waals surface area contributed by atoms with Gasteiger partial charge in [-0.25, -0.2) is 9.97 Å². The summed E-state index contributed by atoms with van der Waals surface area (Å²) in [6.07, 6.45) is 15.9. The van der Waals surface area contributed by atoms with Gasteiger partial charge in [0.2, 0.25) is 0 Å². The topological polar surface area (TPSA) is 83.7 Å². The van der Waals surface area contributed by atoms with Gasteiger partial charge in [-0.15, -0.1) is 0 Å². The molecule has 31 heavy (non-hydrogen) atoms. The molecule has 5 rings (SSSR count). The fraction of sp³-hybridized carbons (Fsp3) is 0.545. The molecular formula is C22H26N4O4S. The number of ether oxygens (including phenoxy) is 3. The molecule has 8 nitrogen and oxygen atoms in total. The van der Waals surface area contributed by atoms with E-state index in [-0.39, 0.29) is 35.6 Å². The fourth-order valence-electron chi connectivity index (χ4n) is 4.81. The standard InChI is InChI=1S/C22H26N4O4S/c1-22-6-2-3-15(12-28-21(31)26-10-8-24-14-26)4-5-16-17(11-25-9-7-23-13-25)20(27)29-18(16)19(22)30-22/h3,7-10,13-14,16-19H,2,4-6,11-12H2,1H3/b15-3+/t16-,17?,18-,19-,22+/m0/s1. The predicted molar refractivity (Wildman–Crippen MR) is 115 cm³/mol. The first kappa shape index (κ1) is 20.4. The first-order valence-corrected chi connectivity index (χ1v) is 11.1. The van der Waals surface area contributed by atoms with E-state index < -0.39 is 0 Å². The summed E-state index contributed by atoms with van der Waals surface area (Å²) < 4.78 is 21.4. The smallest absolute Gasteiger partial charge is 0.311 e. The van der Waals surface area contributed by atoms with Crippen LogP contribution in [0.1, 0.15) is 32.6 Å². The Morgan fingerprint density at radius 2 is 2.16 bits per heavy atom. The van der Waals surface area contributed by atoms with Crippen LogP contribution in [0.2, 0.25) is 0 Å². The Hall–Kier alpha value is -2.52. The zero-order valence-corrected chi connectivity index (χ0v) is 18.2. The number of allylic oxidation sites excluding steroid dienone is 1. The molecule has 4 heterocycles. The molecule has 0 amide bonds. The van der Waals surface area contributed by atoms with Crippen LogP contribution in [0, 0.1) is 11.8 Å². The SMILES string of the molecule is C[C@@]12CC/C=C(/COC(=S)n3ccnc3)CC[C@H]3C(Cn4ccnc4)C(=O)O[C@@H]3[C@@H]1O2. The highest BCUT2D eigenvalue weighted by molar-refractivity contribution is 7.80. The molecule has 0 saturated carbocycles. The third-order valence-corrected chi connectivity index (χ3v) is 7.00. The van der Waals surface area contributed by atoms with Gasteiger partial charge in [-0.2, -0.15) is 0 Å². The number of esters is 1. The van der Waals surface area contributed by atoms with Gasteiger partial charge in [0.05, 0.1) is 17.8 Å². The van der Waals surface area contributed by atoms with Gasteiger partial charge in [0.1, 0.15) is 25.1 Å². The van der Waals surface area contributed by atoms with E-state index >= 15 is 0 Å². The van der Waals surface area contributed by atoms with Gasteiger partial charge in [-0.1, -0.05) is 6.08 Å². The Kier molecular flexibility index (Phi) is 5.39. The summed E-state index contributed by atoms with van der Waals surface area (Å²) in [5.41, 5.74) is 0.948. The van der Waals surface area contributed by atoms with Crippen LogP contribution in [0.3, 0.4) is 0 Å². The highest BCUT2D eigenvalue weighted by Crippen LogP contribution is 2.50. The molecule has 5 atom stereocenters. The Bertz CT molecular complexity index is 974. The van der Waals surface area contributed by atoms with Crippen LogP contribution in [-0.2, 0) is 25.5 Å². The van der Waals surface area contributed by atoms with Crippen LogP contribution in [0.4, 0.5) is 0 Å². The monoisotopic (exact) mass is 442 g/mol. The Morgan fingerprint density at radius 3 is 2.94 bits per heavy atom. The Balaban J connectivity index is 1.31. The molecule has 2 aromatic heterocycles. The average Bonchev–Trinajstić information content (AvgIpc) is 3.24. The quantitative estimate of drug-likeness (QED) is 0.312. The zero-order valence-electron chi connectivity index (χ0n) is 17.4. The van der Waals surface area contributed by atoms with Crippen LogP contribution in [0.5, 0.6) is 0 Å². The van der Waals surface area contributed by atoms with Crippen molar-refractivity contribution < 1.29 is 19.0 Å². The maximum Gasteiger partial charge on any atom is 0.311 e. The molecule has 1 unspecified atom stereocenters. The molecular weight excluding hydrogens is 416 g/mol. The largest absolute Gasteiger partial charge is 0.466 e. The number of epoxide rings is 1. The van der Waals surface area contributed by atoms with E-state index in [1.54, 1.807) is 35.8 Å². The first-order valence-electron chi connectivity index (χ1n) is 10.7. The number of hydrogen-bond donors (Lipinski definition) is 0. The molecule has 2 aromatic rings. The van der Waals surface area contributed by atoms with Crippen molar-refractivity contribution in [3.8, 4) is 0 Å². The molecule has 9 heteroatoms. The van der Waals surface area contributed by atoms with Crippen molar-refractivity contribution in [3.05, 3.63) is 49.1 Å². The number of nitrogens with zero attached hydrogens (tertiary/aromatic N) is 4. The van der Waals surface area contributed by atoms with Gasteiger partial charge in [-0.3, -0.25) is 9.36 Å². The number of fused-ring (bicyclic) bond motifs is 3. The average molecular weight is 443 g/mol. The normalized spacial score (nSPS) is 34.1. The Morgan fingerprint density at radius 1 is 1.32 bits per heavy atom. The second-order valence-electron chi connectivity index (χ2n) is 8.75. The van der Waals surface area contributed by atoms with Gasteiger partial charge in [0.25, 0.3) is 5.17 Å². The van der Waals surface area contributed by atoms with E-state index in [4.69, 9.17) is 26.4 Å². The molecule has 0 radical (unpaired) electrons. The summed E-state index contributed by atoms with van der Waals surface area (Å²) in [5.74, 6) is -0.256. The van der Waals surface area contributed by atoms with E-state index in [9.17, 15) is 4.79 Å². The molecule has 0 spiro atoms. The van der Waals surface area contributed by atoms with E-state index in [1.165, 1.54) is 5.57 Å². The summed E-state index contributed by atoms with van der Waals surface area (Å²) in [7, 11) is 0. The number of thiocarbonyl (C=S) groups is 1. The lowest BCUT2D eigenvalue weighted by Crippen LogP contribution is -2.31. The number of hydrogen-bond acceptors (Lipinski definition) is 7. The van der Waals surface area contributed by atoms with Crippen LogP contribution in [0.15, 0.2) is 49.1 Å². The highest BCUT2D eigenvalue weighted by Gasteiger charge is 2.62. The van der Waals surface area contributed by atoms with Gasteiger partial charge in [-0.05, 0) is 50.4 Å². The van der Waals surface area contributed by atoms with Crippen LogP contribution in [-0.4, -0.2) is 54.7 Å². The number of carbonyl (C=O) groups excluding carboxylic acids is 1. The molecule has 0 aromatic carbocycles. The summed E-state index contributed by atoms with van der Waals surface area (Å²) in [5, 5.41) is 0.378. The fourth-order valence-corrected chi connectivity index (χ4v) is 4.98. The zero-order chi connectivity index (χ0) is 21.4. The third-order valence-electron chi connectivity index (χ3n) is 6.67. The van der Waals surface area contributed by atoms with Crippen LogP contribution in [0.25, 0.3) is 0 Å². The minimum absolute atomic E-state index is 0.0192. The van der Waals surface area contributed by atoms with E-state index in [0.717, 1.165) is 25.7 Å². The van der Waals surface area contributed by atoms with Gasteiger partial charge in [0.15, 0.2) is 0 Å². The molecule has 164 valence electrons. The van der Waals surface area contributed by atoms with Crippen molar-refractivity contribution in [2.75, 3.05) is 6.61 Å². The second kappa shape index (κ2) is 8.20. The Labute approximate surface area is 186 Å².